The number of ether oxygens (including phenoxy) is 1. The molecular weight excluding hydrogens is 234 g/mol. The van der Waals surface area contributed by atoms with E-state index in [0.29, 0.717) is 13.2 Å². The Morgan fingerprint density at radius 2 is 1.74 bits per heavy atom. The Balaban J connectivity index is 2.01. The third kappa shape index (κ3) is 3.62. The molecule has 0 fully saturated rings. The van der Waals surface area contributed by atoms with Gasteiger partial charge in [-0.3, -0.25) is 0 Å². The molecule has 0 aliphatic rings. The van der Waals surface area contributed by atoms with Gasteiger partial charge < -0.3 is 10.1 Å². The fourth-order valence-corrected chi connectivity index (χ4v) is 1.87. The lowest BCUT2D eigenvalue weighted by molar-refractivity contribution is 0.342. The summed E-state index contributed by atoms with van der Waals surface area (Å²) in [5.74, 6) is 0.880. The topological polar surface area (TPSA) is 21.3 Å². The molecular formula is C17H19NO. The van der Waals surface area contributed by atoms with Crippen LogP contribution in [0.3, 0.4) is 0 Å². The first kappa shape index (κ1) is 13.2. The number of hydrogen-bond acceptors (Lipinski definition) is 2. The van der Waals surface area contributed by atoms with E-state index >= 15 is 0 Å². The van der Waals surface area contributed by atoms with Crippen LogP contribution in [-0.2, 0) is 0 Å². The van der Waals surface area contributed by atoms with Gasteiger partial charge >= 0.3 is 0 Å². The van der Waals surface area contributed by atoms with Gasteiger partial charge in [0.25, 0.3) is 0 Å². The van der Waals surface area contributed by atoms with Crippen molar-refractivity contribution >= 4 is 11.3 Å². The van der Waals surface area contributed by atoms with Crippen LogP contribution >= 0.6 is 0 Å². The quantitative estimate of drug-likeness (QED) is 0.832. The van der Waals surface area contributed by atoms with Crippen LogP contribution < -0.4 is 10.1 Å². The monoisotopic (exact) mass is 253 g/mol. The van der Waals surface area contributed by atoms with E-state index in [1.54, 1.807) is 0 Å². The summed E-state index contributed by atoms with van der Waals surface area (Å²) < 4.78 is 5.58. The molecule has 2 aromatic carbocycles. The lowest BCUT2D eigenvalue weighted by atomic mass is 10.1. The molecule has 2 rings (SSSR count). The van der Waals surface area contributed by atoms with Gasteiger partial charge in [0.15, 0.2) is 0 Å². The zero-order valence-corrected chi connectivity index (χ0v) is 11.2. The van der Waals surface area contributed by atoms with Crippen LogP contribution in [0.25, 0.3) is 5.57 Å². The molecule has 19 heavy (non-hydrogen) atoms. The predicted octanol–water partition coefficient (Wildman–Crippen LogP) is 4.21. The Morgan fingerprint density at radius 1 is 1.05 bits per heavy atom. The highest BCUT2D eigenvalue weighted by Crippen LogP contribution is 2.24. The fourth-order valence-electron chi connectivity index (χ4n) is 1.87. The van der Waals surface area contributed by atoms with E-state index in [-0.39, 0.29) is 0 Å². The van der Waals surface area contributed by atoms with Crippen molar-refractivity contribution < 1.29 is 4.74 Å². The molecule has 0 spiro atoms. The zero-order valence-electron chi connectivity index (χ0n) is 11.2. The second kappa shape index (κ2) is 6.64. The summed E-state index contributed by atoms with van der Waals surface area (Å²) in [5.41, 5.74) is 3.22. The van der Waals surface area contributed by atoms with Crippen molar-refractivity contribution in [1.82, 2.24) is 0 Å². The molecule has 0 aliphatic heterocycles. The Labute approximate surface area is 114 Å². The van der Waals surface area contributed by atoms with Crippen LogP contribution in [0, 0.1) is 0 Å². The highest BCUT2D eigenvalue weighted by atomic mass is 16.5. The van der Waals surface area contributed by atoms with Crippen LogP contribution in [0.2, 0.25) is 0 Å². The molecule has 0 aromatic heterocycles. The molecule has 0 atom stereocenters. The summed E-state index contributed by atoms with van der Waals surface area (Å²) in [5, 5.41) is 3.37. The minimum atomic E-state index is 0.665. The maximum absolute atomic E-state index is 5.58. The first-order valence-corrected chi connectivity index (χ1v) is 6.50. The third-order valence-electron chi connectivity index (χ3n) is 2.86. The van der Waals surface area contributed by atoms with E-state index in [9.17, 15) is 0 Å². The van der Waals surface area contributed by atoms with E-state index in [2.05, 4.69) is 24.0 Å². The molecule has 0 bridgehead atoms. The van der Waals surface area contributed by atoms with Gasteiger partial charge in [-0.15, -0.1) is 0 Å². The van der Waals surface area contributed by atoms with Crippen molar-refractivity contribution in [2.75, 3.05) is 18.5 Å². The maximum atomic E-state index is 5.58. The van der Waals surface area contributed by atoms with E-state index < -0.39 is 0 Å². The van der Waals surface area contributed by atoms with E-state index in [0.717, 1.165) is 22.6 Å². The molecule has 98 valence electrons. The first-order valence-electron chi connectivity index (χ1n) is 6.50. The SMILES string of the molecule is C=C(CNc1ccccc1OCC)c1ccccc1. The molecule has 2 nitrogen and oxygen atoms in total. The van der Waals surface area contributed by atoms with E-state index in [1.807, 2.05) is 49.4 Å². The lowest BCUT2D eigenvalue weighted by Crippen LogP contribution is -2.05. The molecule has 2 aromatic rings. The van der Waals surface area contributed by atoms with Crippen molar-refractivity contribution in [2.45, 2.75) is 6.92 Å². The zero-order chi connectivity index (χ0) is 13.5. The summed E-state index contributed by atoms with van der Waals surface area (Å²) in [4.78, 5) is 0. The Kier molecular flexibility index (Phi) is 4.62. The largest absolute Gasteiger partial charge is 0.492 e. The highest BCUT2D eigenvalue weighted by molar-refractivity contribution is 5.68. The standard InChI is InChI=1S/C17H19NO/c1-3-19-17-12-8-7-11-16(17)18-13-14(2)15-9-5-4-6-10-15/h4-12,18H,2-3,13H2,1H3. The number of para-hydroxylation sites is 2. The molecule has 0 aliphatic carbocycles. The summed E-state index contributed by atoms with van der Waals surface area (Å²) in [6.45, 7) is 7.47. The minimum Gasteiger partial charge on any atom is -0.492 e. The summed E-state index contributed by atoms with van der Waals surface area (Å²) in [7, 11) is 0. The molecule has 0 saturated carbocycles. The van der Waals surface area contributed by atoms with Gasteiger partial charge in [0.2, 0.25) is 0 Å². The summed E-state index contributed by atoms with van der Waals surface area (Å²) in [6, 6.07) is 18.1. The van der Waals surface area contributed by atoms with Gasteiger partial charge in [-0.25, -0.2) is 0 Å². The Morgan fingerprint density at radius 3 is 2.47 bits per heavy atom. The Bertz CT molecular complexity index is 534. The van der Waals surface area contributed by atoms with Gasteiger partial charge in [-0.2, -0.15) is 0 Å². The predicted molar refractivity (Wildman–Crippen MR) is 81.6 cm³/mol. The molecule has 2 heteroatoms. The third-order valence-corrected chi connectivity index (χ3v) is 2.86. The first-order chi connectivity index (χ1) is 9.31. The maximum Gasteiger partial charge on any atom is 0.142 e. The van der Waals surface area contributed by atoms with Crippen LogP contribution in [0.5, 0.6) is 5.75 Å². The van der Waals surface area contributed by atoms with Crippen LogP contribution in [0.15, 0.2) is 61.2 Å². The van der Waals surface area contributed by atoms with Gasteiger partial charge in [-0.05, 0) is 30.2 Å². The number of nitrogens with one attached hydrogen (secondary N) is 1. The normalized spacial score (nSPS) is 9.95. The second-order valence-corrected chi connectivity index (χ2v) is 4.25. The van der Waals surface area contributed by atoms with Gasteiger partial charge in [0, 0.05) is 6.54 Å². The van der Waals surface area contributed by atoms with Crippen molar-refractivity contribution in [3.05, 3.63) is 66.7 Å². The molecule has 0 amide bonds. The molecule has 0 unspecified atom stereocenters. The number of rotatable bonds is 6. The fraction of sp³-hybridized carbons (Fsp3) is 0.176. The van der Waals surface area contributed by atoms with Crippen LogP contribution in [0.1, 0.15) is 12.5 Å². The van der Waals surface area contributed by atoms with Crippen molar-refractivity contribution in [3.63, 3.8) is 0 Å². The van der Waals surface area contributed by atoms with E-state index in [1.165, 1.54) is 0 Å². The number of anilines is 1. The highest BCUT2D eigenvalue weighted by Gasteiger charge is 2.03. The second-order valence-electron chi connectivity index (χ2n) is 4.25. The van der Waals surface area contributed by atoms with Gasteiger partial charge in [0.05, 0.1) is 12.3 Å². The Hall–Kier alpha value is -2.22. The van der Waals surface area contributed by atoms with Gasteiger partial charge in [0.1, 0.15) is 5.75 Å². The molecule has 1 N–H and O–H groups in total. The molecule has 0 saturated heterocycles. The number of hydrogen-bond donors (Lipinski definition) is 1. The van der Waals surface area contributed by atoms with Crippen LogP contribution in [0.4, 0.5) is 5.69 Å². The van der Waals surface area contributed by atoms with Gasteiger partial charge in [-0.1, -0.05) is 49.0 Å². The van der Waals surface area contributed by atoms with E-state index in [4.69, 9.17) is 4.74 Å². The van der Waals surface area contributed by atoms with Crippen LogP contribution in [-0.4, -0.2) is 13.2 Å². The average Bonchev–Trinajstić information content (AvgIpc) is 2.47. The smallest absolute Gasteiger partial charge is 0.142 e. The summed E-state index contributed by atoms with van der Waals surface area (Å²) in [6.07, 6.45) is 0. The summed E-state index contributed by atoms with van der Waals surface area (Å²) >= 11 is 0. The molecule has 0 radical (unpaired) electrons. The minimum absolute atomic E-state index is 0.665. The van der Waals surface area contributed by atoms with Crippen molar-refractivity contribution in [3.8, 4) is 5.75 Å². The molecule has 0 heterocycles. The van der Waals surface area contributed by atoms with Crippen molar-refractivity contribution in [1.29, 1.82) is 0 Å². The lowest BCUT2D eigenvalue weighted by Gasteiger charge is -2.13. The number of benzene rings is 2. The van der Waals surface area contributed by atoms with Crippen molar-refractivity contribution in [2.24, 2.45) is 0 Å². The average molecular weight is 253 g/mol.